The summed E-state index contributed by atoms with van der Waals surface area (Å²) in [6.07, 6.45) is 0. The summed E-state index contributed by atoms with van der Waals surface area (Å²) >= 11 is 6.04. The first-order valence-corrected chi connectivity index (χ1v) is 9.53. The molecule has 25 heavy (non-hydrogen) atoms. The first-order valence-electron chi connectivity index (χ1n) is 7.67. The summed E-state index contributed by atoms with van der Waals surface area (Å²) in [5.74, 6) is 0.608. The maximum Gasteiger partial charge on any atom is 0.240 e. The zero-order chi connectivity index (χ0) is 18.7. The van der Waals surface area contributed by atoms with Gasteiger partial charge in [0.15, 0.2) is 0 Å². The van der Waals surface area contributed by atoms with E-state index in [0.717, 1.165) is 5.56 Å². The molecule has 0 radical (unpaired) electrons. The van der Waals surface area contributed by atoms with Gasteiger partial charge in [0.2, 0.25) is 10.0 Å². The second-order valence-corrected chi connectivity index (χ2v) is 8.07. The van der Waals surface area contributed by atoms with E-state index in [-0.39, 0.29) is 11.4 Å². The van der Waals surface area contributed by atoms with Crippen molar-refractivity contribution in [3.8, 4) is 5.75 Å². The summed E-state index contributed by atoms with van der Waals surface area (Å²) < 4.78 is 38.7. The topological polar surface area (TPSA) is 64.6 Å². The summed E-state index contributed by atoms with van der Waals surface area (Å²) in [4.78, 5) is 0.206. The molecular weight excluding hydrogens is 362 g/mol. The van der Waals surface area contributed by atoms with E-state index in [1.54, 1.807) is 37.3 Å². The highest BCUT2D eigenvalue weighted by Gasteiger charge is 2.29. The molecule has 0 aliphatic heterocycles. The van der Waals surface area contributed by atoms with Crippen LogP contribution in [0.1, 0.15) is 18.1 Å². The predicted octanol–water partition coefficient (Wildman–Crippen LogP) is 3.50. The van der Waals surface area contributed by atoms with Crippen molar-refractivity contribution in [3.63, 3.8) is 0 Å². The lowest BCUT2D eigenvalue weighted by Gasteiger charge is -2.29. The Morgan fingerprint density at radius 3 is 2.44 bits per heavy atom. The average molecular weight is 384 g/mol. The van der Waals surface area contributed by atoms with E-state index in [1.165, 1.54) is 20.3 Å². The number of sulfonamides is 1. The van der Waals surface area contributed by atoms with Gasteiger partial charge in [-0.1, -0.05) is 23.7 Å². The lowest BCUT2D eigenvalue weighted by molar-refractivity contribution is 0.00698. The van der Waals surface area contributed by atoms with Crippen molar-refractivity contribution >= 4 is 21.6 Å². The van der Waals surface area contributed by atoms with Crippen molar-refractivity contribution in [2.45, 2.75) is 24.3 Å². The lowest BCUT2D eigenvalue weighted by atomic mass is 9.96. The van der Waals surface area contributed by atoms with Gasteiger partial charge in [-0.3, -0.25) is 0 Å². The van der Waals surface area contributed by atoms with Gasteiger partial charge in [0.05, 0.1) is 12.0 Å². The lowest BCUT2D eigenvalue weighted by Crippen LogP contribution is -2.40. The minimum absolute atomic E-state index is 0.0671. The van der Waals surface area contributed by atoms with E-state index in [9.17, 15) is 8.42 Å². The van der Waals surface area contributed by atoms with Crippen LogP contribution in [0.2, 0.25) is 5.02 Å². The molecule has 0 saturated heterocycles. The Morgan fingerprint density at radius 1 is 1.16 bits per heavy atom. The van der Waals surface area contributed by atoms with Crippen molar-refractivity contribution < 1.29 is 17.9 Å². The van der Waals surface area contributed by atoms with Crippen molar-refractivity contribution in [2.75, 3.05) is 20.8 Å². The quantitative estimate of drug-likeness (QED) is 0.794. The van der Waals surface area contributed by atoms with Crippen LogP contribution in [0.3, 0.4) is 0 Å². The molecule has 0 fully saturated rings. The smallest absolute Gasteiger partial charge is 0.240 e. The summed E-state index contributed by atoms with van der Waals surface area (Å²) in [5, 5.41) is 0.564. The molecule has 7 heteroatoms. The molecule has 2 aromatic rings. The number of hydrogen-bond acceptors (Lipinski definition) is 4. The Hall–Kier alpha value is -1.60. The fraction of sp³-hybridized carbons (Fsp3) is 0.333. The molecule has 1 N–H and O–H groups in total. The Morgan fingerprint density at radius 2 is 1.88 bits per heavy atom. The predicted molar refractivity (Wildman–Crippen MR) is 98.7 cm³/mol. The minimum Gasteiger partial charge on any atom is -0.497 e. The Bertz CT molecular complexity index is 854. The van der Waals surface area contributed by atoms with E-state index in [4.69, 9.17) is 21.1 Å². The van der Waals surface area contributed by atoms with Gasteiger partial charge in [-0.2, -0.15) is 0 Å². The van der Waals surface area contributed by atoms with Crippen LogP contribution in [0.4, 0.5) is 0 Å². The number of methoxy groups -OCH3 is 2. The third kappa shape index (κ3) is 4.52. The molecular formula is C18H22ClNO4S. The van der Waals surface area contributed by atoms with Gasteiger partial charge < -0.3 is 9.47 Å². The van der Waals surface area contributed by atoms with Crippen molar-refractivity contribution in [1.29, 1.82) is 0 Å². The van der Waals surface area contributed by atoms with E-state index in [2.05, 4.69) is 4.72 Å². The van der Waals surface area contributed by atoms with Crippen molar-refractivity contribution in [2.24, 2.45) is 0 Å². The highest BCUT2D eigenvalue weighted by molar-refractivity contribution is 7.89. The second kappa shape index (κ2) is 7.74. The molecule has 0 unspecified atom stereocenters. The van der Waals surface area contributed by atoms with Gasteiger partial charge in [-0.15, -0.1) is 0 Å². The zero-order valence-corrected chi connectivity index (χ0v) is 16.2. The molecule has 0 aromatic heterocycles. The fourth-order valence-electron chi connectivity index (χ4n) is 2.47. The van der Waals surface area contributed by atoms with Crippen LogP contribution in [-0.4, -0.2) is 29.2 Å². The van der Waals surface area contributed by atoms with Crippen LogP contribution in [0.25, 0.3) is 0 Å². The first kappa shape index (κ1) is 19.7. The van der Waals surface area contributed by atoms with Gasteiger partial charge in [-0.05, 0) is 55.3 Å². The average Bonchev–Trinajstić information content (AvgIpc) is 2.59. The van der Waals surface area contributed by atoms with Crippen LogP contribution in [0.5, 0.6) is 5.75 Å². The molecule has 0 heterocycles. The summed E-state index contributed by atoms with van der Waals surface area (Å²) in [6.45, 7) is 3.60. The molecule has 2 rings (SSSR count). The van der Waals surface area contributed by atoms with E-state index in [1.807, 2.05) is 13.0 Å². The highest BCUT2D eigenvalue weighted by atomic mass is 35.5. The fourth-order valence-corrected chi connectivity index (χ4v) is 4.01. The monoisotopic (exact) mass is 383 g/mol. The summed E-state index contributed by atoms with van der Waals surface area (Å²) in [7, 11) is -0.622. The van der Waals surface area contributed by atoms with Gasteiger partial charge in [-0.25, -0.2) is 13.1 Å². The van der Waals surface area contributed by atoms with E-state index < -0.39 is 15.6 Å². The summed E-state index contributed by atoms with van der Waals surface area (Å²) in [6, 6.07) is 12.0. The standard InChI is InChI=1S/C18H22ClNO4S/c1-13-10-16(23-3)8-9-17(13)25(21,22)20-12-18(2,24-4)14-6-5-7-15(19)11-14/h5-11,20H,12H2,1-4H3/t18-/m1/s1. The molecule has 0 spiro atoms. The number of nitrogens with one attached hydrogen (secondary N) is 1. The molecule has 1 atom stereocenters. The molecule has 0 amide bonds. The number of hydrogen-bond donors (Lipinski definition) is 1. The molecule has 0 bridgehead atoms. The number of halogens is 1. The van der Waals surface area contributed by atoms with Gasteiger partial charge in [0, 0.05) is 18.7 Å². The maximum absolute atomic E-state index is 12.7. The molecule has 0 aliphatic carbocycles. The Kier molecular flexibility index (Phi) is 6.11. The SMILES string of the molecule is COc1ccc(S(=O)(=O)NC[C@@](C)(OC)c2cccc(Cl)c2)c(C)c1. The van der Waals surface area contributed by atoms with Crippen LogP contribution in [-0.2, 0) is 20.4 Å². The van der Waals surface area contributed by atoms with Crippen molar-refractivity contribution in [3.05, 3.63) is 58.6 Å². The molecule has 136 valence electrons. The maximum atomic E-state index is 12.7. The second-order valence-electron chi connectivity index (χ2n) is 5.90. The molecule has 5 nitrogen and oxygen atoms in total. The van der Waals surface area contributed by atoms with E-state index in [0.29, 0.717) is 16.3 Å². The third-order valence-electron chi connectivity index (χ3n) is 4.16. The van der Waals surface area contributed by atoms with Crippen LogP contribution >= 0.6 is 11.6 Å². The normalized spacial score (nSPS) is 14.1. The highest BCUT2D eigenvalue weighted by Crippen LogP contribution is 2.27. The Balaban J connectivity index is 2.25. The largest absolute Gasteiger partial charge is 0.497 e. The van der Waals surface area contributed by atoms with Crippen LogP contribution < -0.4 is 9.46 Å². The third-order valence-corrected chi connectivity index (χ3v) is 5.95. The number of aryl methyl sites for hydroxylation is 1. The van der Waals surface area contributed by atoms with Gasteiger partial charge in [0.1, 0.15) is 11.4 Å². The molecule has 2 aromatic carbocycles. The van der Waals surface area contributed by atoms with E-state index >= 15 is 0 Å². The van der Waals surface area contributed by atoms with Crippen LogP contribution in [0.15, 0.2) is 47.4 Å². The zero-order valence-electron chi connectivity index (χ0n) is 14.7. The minimum atomic E-state index is -3.70. The first-order chi connectivity index (χ1) is 11.7. The summed E-state index contributed by atoms with van der Waals surface area (Å²) in [5.41, 5.74) is 0.545. The molecule has 0 aliphatic rings. The van der Waals surface area contributed by atoms with Gasteiger partial charge >= 0.3 is 0 Å². The van der Waals surface area contributed by atoms with Crippen molar-refractivity contribution in [1.82, 2.24) is 4.72 Å². The number of rotatable bonds is 7. The molecule has 0 saturated carbocycles. The number of ether oxygens (including phenoxy) is 2. The van der Waals surface area contributed by atoms with Gasteiger partial charge in [0.25, 0.3) is 0 Å². The Labute approximate surface area is 154 Å². The number of benzene rings is 2. The van der Waals surface area contributed by atoms with Crippen LogP contribution in [0, 0.1) is 6.92 Å².